The lowest BCUT2D eigenvalue weighted by Gasteiger charge is -2.19. The quantitative estimate of drug-likeness (QED) is 0.0689. The molecule has 9 rings (SSSR count). The molecule has 0 aliphatic rings. The normalized spacial score (nSPS) is 11.0. The van der Waals surface area contributed by atoms with Gasteiger partial charge in [-0.3, -0.25) is 0 Å². The van der Waals surface area contributed by atoms with Crippen molar-refractivity contribution in [3.8, 4) is 55.6 Å². The monoisotopic (exact) mass is 1350 g/mol. The molecule has 0 radical (unpaired) electrons. The van der Waals surface area contributed by atoms with E-state index < -0.39 is 75.6 Å². The summed E-state index contributed by atoms with van der Waals surface area (Å²) in [4.78, 5) is 0. The number of aryl methyl sites for hydroxylation is 3. The number of halogens is 11. The fourth-order valence-electron chi connectivity index (χ4n) is 8.17. The molecule has 9 aromatic carbocycles. The van der Waals surface area contributed by atoms with E-state index in [9.17, 15) is 39.5 Å². The molecule has 0 amide bonds. The summed E-state index contributed by atoms with van der Waals surface area (Å²) in [6.45, 7) is 17.6. The summed E-state index contributed by atoms with van der Waals surface area (Å²) < 4.78 is 129. The first-order valence-corrected chi connectivity index (χ1v) is 34.0. The Morgan fingerprint density at radius 3 is 0.975 bits per heavy atom. The van der Waals surface area contributed by atoms with Gasteiger partial charge in [-0.15, -0.1) is 0 Å². The van der Waals surface area contributed by atoms with E-state index in [1.165, 1.54) is 60.7 Å². The van der Waals surface area contributed by atoms with Crippen molar-refractivity contribution in [3.05, 3.63) is 240 Å². The van der Waals surface area contributed by atoms with Gasteiger partial charge in [-0.1, -0.05) is 197 Å². The summed E-state index contributed by atoms with van der Waals surface area (Å²) in [5.74, 6) is -7.33. The second-order valence-electron chi connectivity index (χ2n) is 20.8. The van der Waals surface area contributed by atoms with Crippen LogP contribution in [0.4, 0.5) is 39.5 Å². The molecule has 9 aromatic rings. The Hall–Kier alpha value is -5.77. The Bertz CT molecular complexity index is 3610. The zero-order valence-electron chi connectivity index (χ0n) is 44.7. The Labute approximate surface area is 493 Å². The van der Waals surface area contributed by atoms with Gasteiger partial charge >= 0.3 is 7.12 Å². The third-order valence-corrected chi connectivity index (χ3v) is 18.2. The summed E-state index contributed by atoms with van der Waals surface area (Å²) in [6.07, 6.45) is 0. The molecule has 80 heavy (non-hydrogen) atoms. The molecule has 0 unspecified atom stereocenters. The van der Waals surface area contributed by atoms with Crippen LogP contribution in [-0.4, -0.2) is 33.3 Å². The fourth-order valence-corrected chi connectivity index (χ4v) is 11.7. The first-order chi connectivity index (χ1) is 37.1. The second kappa shape index (κ2) is 27.8. The van der Waals surface area contributed by atoms with Crippen molar-refractivity contribution < 1.29 is 49.6 Å². The third-order valence-electron chi connectivity index (χ3n) is 12.7. The smallest absolute Gasteiger partial charge is 0.423 e. The molecule has 0 saturated heterocycles. The fraction of sp³-hybridized carbons (Fsp3) is 0.156. The van der Waals surface area contributed by atoms with E-state index in [1.807, 2.05) is 143 Å². The van der Waals surface area contributed by atoms with E-state index in [1.54, 1.807) is 65.1 Å². The zero-order chi connectivity index (χ0) is 58.3. The van der Waals surface area contributed by atoms with Gasteiger partial charge in [0.05, 0.1) is 19.7 Å². The van der Waals surface area contributed by atoms with E-state index in [4.69, 9.17) is 10.0 Å². The third kappa shape index (κ3) is 16.2. The molecule has 0 atom stereocenters. The van der Waals surface area contributed by atoms with Crippen molar-refractivity contribution in [2.75, 3.05) is 0 Å². The van der Waals surface area contributed by atoms with Crippen molar-refractivity contribution in [3.63, 3.8) is 0 Å². The van der Waals surface area contributed by atoms with Crippen LogP contribution < -0.4 is 15.8 Å². The average Bonchev–Trinajstić information content (AvgIpc) is 3.43. The molecule has 0 bridgehead atoms. The Morgan fingerprint density at radius 2 is 0.637 bits per heavy atom. The predicted molar refractivity (Wildman–Crippen MR) is 335 cm³/mol. The van der Waals surface area contributed by atoms with E-state index in [-0.39, 0.29) is 44.4 Å². The number of hydrogen-bond acceptors (Lipinski definition) is 2. The summed E-state index contributed by atoms with van der Waals surface area (Å²) in [7, 11) is -5.33. The number of rotatable bonds is 8. The zero-order valence-corrected chi connectivity index (χ0v) is 51.0. The molecule has 0 aliphatic heterocycles. The minimum atomic E-state index is -2.01. The van der Waals surface area contributed by atoms with Gasteiger partial charge in [-0.05, 0) is 134 Å². The molecular formula is C64H60BF9I2O2Si2. The van der Waals surface area contributed by atoms with Gasteiger partial charge in [0.2, 0.25) is 0 Å². The predicted octanol–water partition coefficient (Wildman–Crippen LogP) is 17.9. The van der Waals surface area contributed by atoms with Gasteiger partial charge in [-0.2, -0.15) is 0 Å². The van der Waals surface area contributed by atoms with Crippen LogP contribution in [0.15, 0.2) is 164 Å². The highest BCUT2D eigenvalue weighted by Crippen LogP contribution is 2.34. The largest absolute Gasteiger partial charge is 0.488 e. The van der Waals surface area contributed by atoms with E-state index in [0.29, 0.717) is 30.5 Å². The maximum Gasteiger partial charge on any atom is 0.488 e. The van der Waals surface area contributed by atoms with Crippen LogP contribution >= 0.6 is 45.2 Å². The van der Waals surface area contributed by atoms with Crippen molar-refractivity contribution in [2.45, 2.75) is 67.5 Å². The van der Waals surface area contributed by atoms with E-state index in [0.717, 1.165) is 27.8 Å². The molecule has 0 fully saturated rings. The summed E-state index contributed by atoms with van der Waals surface area (Å²) in [5.41, 5.74) is 7.08. The number of benzene rings is 9. The van der Waals surface area contributed by atoms with Gasteiger partial charge in [0.1, 0.15) is 17.5 Å². The number of hydrogen-bond donors (Lipinski definition) is 2. The Balaban J connectivity index is 0.000000203. The topological polar surface area (TPSA) is 40.5 Å². The highest BCUT2D eigenvalue weighted by atomic mass is 127. The molecule has 0 saturated carbocycles. The Morgan fingerprint density at radius 1 is 0.338 bits per heavy atom. The molecule has 0 spiro atoms. The lowest BCUT2D eigenvalue weighted by molar-refractivity contribution is 0.425. The van der Waals surface area contributed by atoms with Crippen LogP contribution in [-0.2, 0) is 0 Å². The first kappa shape index (κ1) is 65.0. The molecule has 2 N–H and O–H groups in total. The highest BCUT2D eigenvalue weighted by molar-refractivity contribution is 14.1. The van der Waals surface area contributed by atoms with Crippen molar-refractivity contribution in [2.24, 2.45) is 0 Å². The maximum absolute atomic E-state index is 14.7. The van der Waals surface area contributed by atoms with Gasteiger partial charge in [0.25, 0.3) is 0 Å². The molecule has 2 nitrogen and oxygen atoms in total. The van der Waals surface area contributed by atoms with Crippen molar-refractivity contribution in [1.82, 2.24) is 0 Å². The minimum absolute atomic E-state index is 0. The minimum Gasteiger partial charge on any atom is -0.423 e. The van der Waals surface area contributed by atoms with Crippen LogP contribution in [0.1, 0.15) is 24.1 Å². The van der Waals surface area contributed by atoms with Gasteiger partial charge in [0, 0.05) is 37.0 Å². The molecule has 0 aliphatic carbocycles. The first-order valence-electron chi connectivity index (χ1n) is 24.8. The SMILES string of the molecule is C.C[Si](C)(C)c1ccc(-c2ccc(I)cc2F)c(F)c1F.Cc1ccc(-c2ccc(-c3ccc(I)c(F)c3F)c(F)c2)cc1.Cc1ccc(-c2ccc(-c3ccc([Si](C)(C)C)c(F)c3F)c(F)c2)cc1.Cc1ccc(B(O)O)cc1. The standard InChI is InChI=1S/C22H21F3Si.C19H12F3I.C15H14F3ISi.C7H9BO2.CH4/c1-14-5-7-15(8-6-14)16-9-10-17(19(23)13-16)18-11-12-20(26(2,3)4)22(25)21(18)24;1-11-2-4-12(5-3-11)13-6-7-14(16(20)10-13)15-8-9-17(23)19(22)18(15)21;1-20(2,3)13-7-6-11(14(17)15(13)18)10-5-4-9(19)8-12(10)16;1-6-2-4-7(5-3-6)8(9)10;/h5-13H,1-4H3;2-10H,1H3;4-8H,1-3H3;2-5,9-10H,1H3;1H4. The van der Waals surface area contributed by atoms with Gasteiger partial charge in [-0.25, -0.2) is 39.5 Å². The van der Waals surface area contributed by atoms with E-state index >= 15 is 0 Å². The Kier molecular flexibility index (Phi) is 22.6. The van der Waals surface area contributed by atoms with Crippen LogP contribution in [0.2, 0.25) is 39.3 Å². The average molecular weight is 1350 g/mol. The lowest BCUT2D eigenvalue weighted by Crippen LogP contribution is -2.40. The summed E-state index contributed by atoms with van der Waals surface area (Å²) in [5, 5.41) is 18.2. The van der Waals surface area contributed by atoms with Crippen LogP contribution in [0.5, 0.6) is 0 Å². The summed E-state index contributed by atoms with van der Waals surface area (Å²) in [6, 6.07) is 45.0. The molecule has 0 aromatic heterocycles. The molecule has 16 heteroatoms. The summed E-state index contributed by atoms with van der Waals surface area (Å²) >= 11 is 3.67. The molecule has 0 heterocycles. The van der Waals surface area contributed by atoms with Crippen LogP contribution in [0.3, 0.4) is 0 Å². The van der Waals surface area contributed by atoms with Crippen molar-refractivity contribution >= 4 is 84.3 Å². The van der Waals surface area contributed by atoms with Crippen LogP contribution in [0.25, 0.3) is 55.6 Å². The van der Waals surface area contributed by atoms with Gasteiger partial charge in [0.15, 0.2) is 34.9 Å². The second-order valence-corrected chi connectivity index (χ2v) is 33.3. The molecule has 416 valence electrons. The van der Waals surface area contributed by atoms with E-state index in [2.05, 4.69) is 0 Å². The highest BCUT2D eigenvalue weighted by Gasteiger charge is 2.27. The van der Waals surface area contributed by atoms with Crippen LogP contribution in [0, 0.1) is 80.3 Å². The maximum atomic E-state index is 14.7. The van der Waals surface area contributed by atoms with Gasteiger partial charge < -0.3 is 10.0 Å². The lowest BCUT2D eigenvalue weighted by atomic mass is 9.80. The molecular weight excluding hydrogens is 1290 g/mol. The van der Waals surface area contributed by atoms with Crippen molar-refractivity contribution in [1.29, 1.82) is 0 Å².